The third kappa shape index (κ3) is 4.74. The molecule has 0 amide bonds. The predicted octanol–water partition coefficient (Wildman–Crippen LogP) is 10.3. The molecule has 0 aliphatic rings. The molecule has 0 spiro atoms. The van der Waals surface area contributed by atoms with Crippen LogP contribution in [0, 0.1) is 6.07 Å². The second-order valence-corrected chi connectivity index (χ2v) is 11.3. The van der Waals surface area contributed by atoms with E-state index in [1.165, 1.54) is 52.7 Å². The number of carbonyl (C=O) groups excluding carboxylic acids is 1. The van der Waals surface area contributed by atoms with Crippen LogP contribution in [-0.2, 0) is 24.9 Å². The van der Waals surface area contributed by atoms with Gasteiger partial charge in [-0.1, -0.05) is 66.0 Å². The summed E-state index contributed by atoms with van der Waals surface area (Å²) >= 11 is 0. The standard InChI is InChI=1S/C35H19N2O.C5H8O2.Ir/c1-2-8-21(9-3-1)23-19-27-26-18-22(29-11-6-7-17-36-29)13-15-30(26)37-31-16-14-25-24-10-4-5-12-32(24)38-35(25)33(31)28(20-23)34(27)37;1-4(6)3-5(2)7;/h1-12,14-20H;3,6H,1-2H3;/q-1;;/b;4-3-;. The van der Waals surface area contributed by atoms with Crippen LogP contribution in [0.2, 0.25) is 0 Å². The largest absolute Gasteiger partial charge is 0.512 e. The average Bonchev–Trinajstić information content (AvgIpc) is 3.71. The Hall–Kier alpha value is -5.29. The van der Waals surface area contributed by atoms with Gasteiger partial charge in [0.1, 0.15) is 11.2 Å². The Morgan fingerprint density at radius 2 is 1.54 bits per heavy atom. The Labute approximate surface area is 278 Å². The number of nitrogens with zero attached hydrogens (tertiary/aromatic N) is 2. The first kappa shape index (κ1) is 29.4. The van der Waals surface area contributed by atoms with Crippen molar-refractivity contribution in [1.29, 1.82) is 0 Å². The summed E-state index contributed by atoms with van der Waals surface area (Å²) in [5, 5.41) is 15.5. The molecule has 4 heterocycles. The number of fused-ring (bicyclic) bond motifs is 10. The summed E-state index contributed by atoms with van der Waals surface area (Å²) in [5.41, 5.74) is 9.69. The topological polar surface area (TPSA) is 67.7 Å². The molecular weight excluding hydrogens is 749 g/mol. The van der Waals surface area contributed by atoms with Gasteiger partial charge in [0.15, 0.2) is 5.78 Å². The number of aromatic nitrogens is 2. The zero-order valence-corrected chi connectivity index (χ0v) is 27.4. The van der Waals surface area contributed by atoms with E-state index in [1.54, 1.807) is 0 Å². The third-order valence-electron chi connectivity index (χ3n) is 8.29. The van der Waals surface area contributed by atoms with Gasteiger partial charge in [-0.3, -0.25) is 4.79 Å². The molecule has 0 aliphatic heterocycles. The zero-order valence-electron chi connectivity index (χ0n) is 25.0. The fourth-order valence-electron chi connectivity index (χ4n) is 6.51. The number of allylic oxidation sites excluding steroid dienone is 2. The van der Waals surface area contributed by atoms with Gasteiger partial charge in [0.25, 0.3) is 0 Å². The fourth-order valence-corrected chi connectivity index (χ4v) is 6.51. The van der Waals surface area contributed by atoms with E-state index in [-0.39, 0.29) is 31.6 Å². The number of para-hydroxylation sites is 1. The molecule has 6 heteroatoms. The van der Waals surface area contributed by atoms with Crippen molar-refractivity contribution in [2.45, 2.75) is 13.8 Å². The van der Waals surface area contributed by atoms with Crippen LogP contribution in [0.5, 0.6) is 0 Å². The zero-order chi connectivity index (χ0) is 30.7. The number of rotatable bonds is 3. The van der Waals surface area contributed by atoms with Crippen LogP contribution in [-0.4, -0.2) is 20.3 Å². The molecule has 4 aromatic heterocycles. The molecule has 0 saturated heterocycles. The minimum absolute atomic E-state index is 0. The van der Waals surface area contributed by atoms with Gasteiger partial charge >= 0.3 is 0 Å². The normalized spacial score (nSPS) is 11.8. The third-order valence-corrected chi connectivity index (χ3v) is 8.29. The smallest absolute Gasteiger partial charge is 0.155 e. The Balaban J connectivity index is 0.000000384. The molecule has 5 nitrogen and oxygen atoms in total. The van der Waals surface area contributed by atoms with Crippen LogP contribution in [0.4, 0.5) is 0 Å². The number of furan rings is 1. The molecule has 1 radical (unpaired) electrons. The molecule has 225 valence electrons. The Morgan fingerprint density at radius 3 is 2.28 bits per heavy atom. The van der Waals surface area contributed by atoms with E-state index in [9.17, 15) is 4.79 Å². The summed E-state index contributed by atoms with van der Waals surface area (Å²) in [7, 11) is 0. The first-order valence-electron chi connectivity index (χ1n) is 14.8. The monoisotopic (exact) mass is 776 g/mol. The van der Waals surface area contributed by atoms with Crippen LogP contribution < -0.4 is 0 Å². The van der Waals surface area contributed by atoms with E-state index in [0.29, 0.717) is 0 Å². The molecule has 0 bridgehead atoms. The summed E-state index contributed by atoms with van der Waals surface area (Å²) in [6, 6.07) is 41.9. The van der Waals surface area contributed by atoms with E-state index in [2.05, 4.69) is 100 Å². The van der Waals surface area contributed by atoms with Crippen LogP contribution in [0.25, 0.3) is 82.4 Å². The Morgan fingerprint density at radius 1 is 0.783 bits per heavy atom. The molecule has 46 heavy (non-hydrogen) atoms. The van der Waals surface area contributed by atoms with Gasteiger partial charge in [0, 0.05) is 54.1 Å². The number of pyridine rings is 1. The number of hydrogen-bond acceptors (Lipinski definition) is 4. The number of hydrogen-bond donors (Lipinski definition) is 1. The molecule has 0 atom stereocenters. The van der Waals surface area contributed by atoms with Crippen LogP contribution in [0.15, 0.2) is 132 Å². The first-order chi connectivity index (χ1) is 22.0. The maximum atomic E-state index is 10.0. The molecule has 5 aromatic carbocycles. The molecular formula is C40H27IrN2O3-. The molecule has 9 rings (SSSR count). The Bertz CT molecular complexity index is 2580. The molecule has 0 saturated carbocycles. The van der Waals surface area contributed by atoms with Gasteiger partial charge in [0.05, 0.1) is 16.7 Å². The second kappa shape index (κ2) is 11.6. The van der Waals surface area contributed by atoms with Crippen molar-refractivity contribution >= 4 is 65.8 Å². The fraction of sp³-hybridized carbons (Fsp3) is 0.0500. The van der Waals surface area contributed by atoms with Crippen molar-refractivity contribution in [1.82, 2.24) is 9.38 Å². The van der Waals surface area contributed by atoms with Crippen LogP contribution >= 0.6 is 0 Å². The van der Waals surface area contributed by atoms with Crippen LogP contribution in [0.1, 0.15) is 13.8 Å². The maximum absolute atomic E-state index is 10.0. The van der Waals surface area contributed by atoms with E-state index < -0.39 is 0 Å². The quantitative estimate of drug-likeness (QED) is 0.110. The van der Waals surface area contributed by atoms with Crippen LogP contribution in [0.3, 0.4) is 0 Å². The summed E-state index contributed by atoms with van der Waals surface area (Å²) in [4.78, 5) is 14.6. The summed E-state index contributed by atoms with van der Waals surface area (Å²) in [5.74, 6) is -0.0625. The number of ketones is 1. The predicted molar refractivity (Wildman–Crippen MR) is 183 cm³/mol. The van der Waals surface area contributed by atoms with E-state index in [4.69, 9.17) is 9.52 Å². The average molecular weight is 776 g/mol. The number of aliphatic hydroxyl groups excluding tert-OH is 1. The van der Waals surface area contributed by atoms with Crippen molar-refractivity contribution in [2.75, 3.05) is 0 Å². The van der Waals surface area contributed by atoms with E-state index in [0.717, 1.165) is 49.6 Å². The van der Waals surface area contributed by atoms with Gasteiger partial charge in [-0.25, -0.2) is 0 Å². The van der Waals surface area contributed by atoms with Crippen molar-refractivity contribution in [3.63, 3.8) is 0 Å². The van der Waals surface area contributed by atoms with Crippen molar-refractivity contribution in [3.8, 4) is 22.4 Å². The SMILES string of the molecule is CC(=O)/C=C(/C)O.[Ir].[c-]1cc2c(cc1-c1ccccn1)c1cc(-c3ccccc3)cc3c4c5oc6ccccc6c5ccc4n2c13. The minimum atomic E-state index is -0.125. The van der Waals surface area contributed by atoms with Gasteiger partial charge in [0.2, 0.25) is 0 Å². The number of benzene rings is 5. The Kier molecular flexibility index (Phi) is 7.40. The molecule has 0 fully saturated rings. The van der Waals surface area contributed by atoms with Crippen molar-refractivity contribution < 1.29 is 34.4 Å². The van der Waals surface area contributed by atoms with Gasteiger partial charge < -0.3 is 18.9 Å². The van der Waals surface area contributed by atoms with Gasteiger partial charge in [-0.05, 0) is 78.0 Å². The summed E-state index contributed by atoms with van der Waals surface area (Å²) < 4.78 is 8.92. The van der Waals surface area contributed by atoms with Gasteiger partial charge in [-0.2, -0.15) is 0 Å². The minimum Gasteiger partial charge on any atom is -0.512 e. The van der Waals surface area contributed by atoms with E-state index >= 15 is 0 Å². The van der Waals surface area contributed by atoms with Crippen molar-refractivity contribution in [2.24, 2.45) is 0 Å². The molecule has 1 N–H and O–H groups in total. The second-order valence-electron chi connectivity index (χ2n) is 11.3. The van der Waals surface area contributed by atoms with E-state index in [1.807, 2.05) is 30.5 Å². The summed E-state index contributed by atoms with van der Waals surface area (Å²) in [6.45, 7) is 2.85. The molecule has 0 aliphatic carbocycles. The van der Waals surface area contributed by atoms with Gasteiger partial charge in [-0.15, -0.1) is 23.8 Å². The summed E-state index contributed by atoms with van der Waals surface area (Å²) in [6.07, 6.45) is 3.00. The first-order valence-corrected chi connectivity index (χ1v) is 14.8. The van der Waals surface area contributed by atoms with Crippen molar-refractivity contribution in [3.05, 3.63) is 133 Å². The maximum Gasteiger partial charge on any atom is 0.155 e. The number of aliphatic hydroxyl groups is 1. The molecule has 9 aromatic rings. The number of carbonyl (C=O) groups is 1. The molecule has 0 unspecified atom stereocenters.